The summed E-state index contributed by atoms with van der Waals surface area (Å²) >= 11 is 1.08. The summed E-state index contributed by atoms with van der Waals surface area (Å²) in [5, 5.41) is 25.1. The van der Waals surface area contributed by atoms with E-state index in [0.29, 0.717) is 10.2 Å². The van der Waals surface area contributed by atoms with Crippen LogP contribution in [0.15, 0.2) is 24.3 Å². The molecule has 0 aliphatic rings. The van der Waals surface area contributed by atoms with E-state index in [1.165, 1.54) is 0 Å². The number of nitro groups is 2. The molecule has 0 bridgehead atoms. The van der Waals surface area contributed by atoms with Crippen molar-refractivity contribution in [3.8, 4) is 0 Å². The van der Waals surface area contributed by atoms with Crippen LogP contribution in [0.4, 0.5) is 22.7 Å². The lowest BCUT2D eigenvalue weighted by molar-refractivity contribution is -0.393. The van der Waals surface area contributed by atoms with Crippen LogP contribution in [0.1, 0.15) is 20.9 Å². The van der Waals surface area contributed by atoms with E-state index < -0.39 is 27.1 Å². The van der Waals surface area contributed by atoms with Crippen molar-refractivity contribution in [3.63, 3.8) is 0 Å². The maximum absolute atomic E-state index is 12.6. The van der Waals surface area contributed by atoms with Gasteiger partial charge in [0.2, 0.25) is 0 Å². The van der Waals surface area contributed by atoms with Gasteiger partial charge in [-0.3, -0.25) is 25.0 Å². The van der Waals surface area contributed by atoms with Crippen LogP contribution in [0.5, 0.6) is 0 Å². The molecule has 1 amide bonds. The molecule has 10 nitrogen and oxygen atoms in total. The van der Waals surface area contributed by atoms with Crippen LogP contribution in [0.2, 0.25) is 0 Å². The van der Waals surface area contributed by atoms with Crippen molar-refractivity contribution < 1.29 is 14.6 Å². The molecule has 0 aliphatic heterocycles. The molecule has 0 fully saturated rings. The fraction of sp³-hybridized carbons (Fsp3) is 0.125. The molecule has 1 aromatic carbocycles. The van der Waals surface area contributed by atoms with Gasteiger partial charge in [0.25, 0.3) is 17.3 Å². The van der Waals surface area contributed by atoms with Crippen molar-refractivity contribution in [2.45, 2.75) is 13.8 Å². The van der Waals surface area contributed by atoms with E-state index in [2.05, 4.69) is 10.3 Å². The van der Waals surface area contributed by atoms with Crippen LogP contribution in [-0.2, 0) is 0 Å². The Morgan fingerprint density at radius 1 is 1.19 bits per heavy atom. The van der Waals surface area contributed by atoms with Crippen molar-refractivity contribution in [2.75, 3.05) is 11.1 Å². The smallest absolute Gasteiger partial charge is 0.299 e. The molecule has 2 heterocycles. The van der Waals surface area contributed by atoms with Gasteiger partial charge in [0.15, 0.2) is 0 Å². The van der Waals surface area contributed by atoms with E-state index in [1.54, 1.807) is 0 Å². The topological polar surface area (TPSA) is 154 Å². The number of amides is 1. The largest absolute Gasteiger partial charge is 0.397 e. The van der Waals surface area contributed by atoms with E-state index in [4.69, 9.17) is 5.73 Å². The quantitative estimate of drug-likeness (QED) is 0.512. The summed E-state index contributed by atoms with van der Waals surface area (Å²) in [6, 6.07) is 4.82. The first-order valence-corrected chi connectivity index (χ1v) is 8.41. The van der Waals surface area contributed by atoms with Crippen molar-refractivity contribution in [1.82, 2.24) is 4.98 Å². The van der Waals surface area contributed by atoms with Crippen molar-refractivity contribution in [3.05, 3.63) is 60.6 Å². The second-order valence-electron chi connectivity index (χ2n) is 5.78. The Balaban J connectivity index is 2.02. The summed E-state index contributed by atoms with van der Waals surface area (Å²) in [4.78, 5) is 38.2. The number of anilines is 2. The number of thiophene rings is 1. The molecule has 3 rings (SSSR count). The number of hydrogen-bond donors (Lipinski definition) is 2. The zero-order valence-electron chi connectivity index (χ0n) is 14.2. The van der Waals surface area contributed by atoms with Gasteiger partial charge >= 0.3 is 0 Å². The SMILES string of the molecule is Cc1cc(C)c2c(N)c(C(=O)Nc3ccc([N+](=O)[O-])cc3[N+](=O)[O-])sc2n1. The predicted octanol–water partition coefficient (Wildman–Crippen LogP) is 3.56. The molecule has 3 aromatic rings. The van der Waals surface area contributed by atoms with Crippen LogP contribution < -0.4 is 11.1 Å². The molecule has 27 heavy (non-hydrogen) atoms. The van der Waals surface area contributed by atoms with Gasteiger partial charge in [0.05, 0.1) is 21.6 Å². The fourth-order valence-electron chi connectivity index (χ4n) is 2.71. The second-order valence-corrected chi connectivity index (χ2v) is 6.77. The molecular formula is C16H13N5O5S. The number of carbonyl (C=O) groups is 1. The highest BCUT2D eigenvalue weighted by Gasteiger charge is 2.24. The average molecular weight is 387 g/mol. The minimum absolute atomic E-state index is 0.159. The molecule has 0 saturated carbocycles. The highest BCUT2D eigenvalue weighted by Crippen LogP contribution is 2.36. The third-order valence-corrected chi connectivity index (χ3v) is 4.97. The number of nitrogen functional groups attached to an aromatic ring is 1. The number of fused-ring (bicyclic) bond motifs is 1. The lowest BCUT2D eigenvalue weighted by atomic mass is 10.1. The standard InChI is InChI=1S/C16H13N5O5S/c1-7-5-8(2)18-16-12(7)13(17)14(27-16)15(22)19-10-4-3-9(20(23)24)6-11(10)21(25)26/h3-6H,17H2,1-2H3,(H,19,22). The lowest BCUT2D eigenvalue weighted by Gasteiger charge is -2.05. The number of aromatic nitrogens is 1. The van der Waals surface area contributed by atoms with Crippen LogP contribution in [0.25, 0.3) is 10.2 Å². The summed E-state index contributed by atoms with van der Waals surface area (Å²) < 4.78 is 0. The Morgan fingerprint density at radius 3 is 2.52 bits per heavy atom. The number of nitrogens with two attached hydrogens (primary N) is 1. The van der Waals surface area contributed by atoms with Crippen LogP contribution in [0.3, 0.4) is 0 Å². The Hall–Kier alpha value is -3.60. The number of hydrogen-bond acceptors (Lipinski definition) is 8. The van der Waals surface area contributed by atoms with Gasteiger partial charge in [0.1, 0.15) is 15.4 Å². The molecule has 0 unspecified atom stereocenters. The summed E-state index contributed by atoms with van der Waals surface area (Å²) in [5.74, 6) is -0.649. The molecule has 11 heteroatoms. The Labute approximate surface area is 155 Å². The van der Waals surface area contributed by atoms with Gasteiger partial charge in [-0.25, -0.2) is 4.98 Å². The molecule has 0 atom stereocenters. The Morgan fingerprint density at radius 2 is 1.89 bits per heavy atom. The Kier molecular flexibility index (Phi) is 4.45. The van der Waals surface area contributed by atoms with Crippen LogP contribution in [-0.4, -0.2) is 20.7 Å². The summed E-state index contributed by atoms with van der Waals surface area (Å²) in [6.07, 6.45) is 0. The number of aryl methyl sites for hydroxylation is 2. The van der Waals surface area contributed by atoms with Crippen molar-refractivity contribution >= 4 is 50.2 Å². The number of nitro benzene ring substituents is 2. The summed E-state index contributed by atoms with van der Waals surface area (Å²) in [5.41, 5.74) is 6.79. The molecule has 0 aliphatic carbocycles. The maximum Gasteiger partial charge on any atom is 0.299 e. The molecule has 0 radical (unpaired) electrons. The first kappa shape index (κ1) is 18.2. The first-order chi connectivity index (χ1) is 12.7. The maximum atomic E-state index is 12.6. The minimum Gasteiger partial charge on any atom is -0.397 e. The van der Waals surface area contributed by atoms with Gasteiger partial charge in [-0.1, -0.05) is 0 Å². The number of rotatable bonds is 4. The van der Waals surface area contributed by atoms with Crippen LogP contribution >= 0.6 is 11.3 Å². The number of non-ortho nitro benzene ring substituents is 1. The lowest BCUT2D eigenvalue weighted by Crippen LogP contribution is -2.13. The minimum atomic E-state index is -0.800. The number of nitrogens with zero attached hydrogens (tertiary/aromatic N) is 3. The third-order valence-electron chi connectivity index (χ3n) is 3.87. The zero-order chi connectivity index (χ0) is 19.9. The zero-order valence-corrected chi connectivity index (χ0v) is 15.0. The summed E-state index contributed by atoms with van der Waals surface area (Å²) in [6.45, 7) is 3.67. The molecule has 3 N–H and O–H groups in total. The average Bonchev–Trinajstić information content (AvgIpc) is 2.91. The summed E-state index contributed by atoms with van der Waals surface area (Å²) in [7, 11) is 0. The van der Waals surface area contributed by atoms with Crippen molar-refractivity contribution in [2.24, 2.45) is 0 Å². The predicted molar refractivity (Wildman–Crippen MR) is 101 cm³/mol. The van der Waals surface area contributed by atoms with E-state index >= 15 is 0 Å². The normalized spacial score (nSPS) is 10.7. The third kappa shape index (κ3) is 3.27. The highest BCUT2D eigenvalue weighted by atomic mass is 32.1. The molecule has 2 aromatic heterocycles. The van der Waals surface area contributed by atoms with E-state index in [0.717, 1.165) is 40.8 Å². The van der Waals surface area contributed by atoms with Gasteiger partial charge in [0, 0.05) is 17.1 Å². The Bertz CT molecular complexity index is 1120. The van der Waals surface area contributed by atoms with Crippen LogP contribution in [0, 0.1) is 34.1 Å². The monoisotopic (exact) mass is 387 g/mol. The van der Waals surface area contributed by atoms with E-state index in [1.807, 2.05) is 19.9 Å². The molecule has 0 saturated heterocycles. The number of nitrogens with one attached hydrogen (secondary N) is 1. The number of carbonyl (C=O) groups excluding carboxylic acids is 1. The highest BCUT2D eigenvalue weighted by molar-refractivity contribution is 7.21. The van der Waals surface area contributed by atoms with E-state index in [-0.39, 0.29) is 16.3 Å². The van der Waals surface area contributed by atoms with E-state index in [9.17, 15) is 25.0 Å². The van der Waals surface area contributed by atoms with Crippen molar-refractivity contribution in [1.29, 1.82) is 0 Å². The molecule has 0 spiro atoms. The molecular weight excluding hydrogens is 374 g/mol. The molecule has 138 valence electrons. The van der Waals surface area contributed by atoms with Gasteiger partial charge in [-0.2, -0.15) is 0 Å². The fourth-order valence-corrected chi connectivity index (χ4v) is 3.82. The van der Waals surface area contributed by atoms with Gasteiger partial charge in [-0.15, -0.1) is 11.3 Å². The first-order valence-electron chi connectivity index (χ1n) is 7.59. The van der Waals surface area contributed by atoms with Gasteiger partial charge in [-0.05, 0) is 31.5 Å². The second kappa shape index (κ2) is 6.61. The number of pyridine rings is 1. The number of benzene rings is 1. The van der Waals surface area contributed by atoms with Gasteiger partial charge < -0.3 is 11.1 Å².